The average Bonchev–Trinajstić information content (AvgIpc) is 2.57. The molecule has 0 saturated carbocycles. The number of ether oxygens (including phenoxy) is 1. The molecule has 5 nitrogen and oxygen atoms in total. The summed E-state index contributed by atoms with van der Waals surface area (Å²) in [6.07, 6.45) is 0. The van der Waals surface area contributed by atoms with Crippen molar-refractivity contribution in [1.29, 1.82) is 0 Å². The molecule has 0 radical (unpaired) electrons. The van der Waals surface area contributed by atoms with Gasteiger partial charge in [-0.05, 0) is 42.3 Å². The van der Waals surface area contributed by atoms with Crippen molar-refractivity contribution < 1.29 is 14.2 Å². The SMILES string of the molecule is CCNC(=NCc1cccc(F)c1)NCc1ccc(OC)c(O)c1.I. The molecule has 0 atom stereocenters. The van der Waals surface area contributed by atoms with Crippen LogP contribution in [0.4, 0.5) is 4.39 Å². The molecule has 0 aliphatic rings. The monoisotopic (exact) mass is 459 g/mol. The molecule has 2 rings (SSSR count). The van der Waals surface area contributed by atoms with Gasteiger partial charge in [0.05, 0.1) is 13.7 Å². The number of nitrogens with one attached hydrogen (secondary N) is 2. The van der Waals surface area contributed by atoms with E-state index in [4.69, 9.17) is 4.74 Å². The van der Waals surface area contributed by atoms with Crippen LogP contribution in [-0.4, -0.2) is 24.7 Å². The molecule has 0 fully saturated rings. The number of aromatic hydroxyl groups is 1. The van der Waals surface area contributed by atoms with E-state index in [0.29, 0.717) is 31.3 Å². The predicted molar refractivity (Wildman–Crippen MR) is 108 cm³/mol. The molecule has 0 saturated heterocycles. The number of methoxy groups -OCH3 is 1. The van der Waals surface area contributed by atoms with E-state index in [0.717, 1.165) is 11.1 Å². The number of phenolic OH excluding ortho intramolecular Hbond substituents is 1. The maximum Gasteiger partial charge on any atom is 0.191 e. The minimum Gasteiger partial charge on any atom is -0.504 e. The highest BCUT2D eigenvalue weighted by Crippen LogP contribution is 2.25. The molecule has 0 amide bonds. The fraction of sp³-hybridized carbons (Fsp3) is 0.278. The van der Waals surface area contributed by atoms with Crippen LogP contribution in [0.1, 0.15) is 18.1 Å². The van der Waals surface area contributed by atoms with Crippen LogP contribution in [0.15, 0.2) is 47.5 Å². The number of nitrogens with zero attached hydrogens (tertiary/aromatic N) is 1. The lowest BCUT2D eigenvalue weighted by atomic mass is 10.2. The second-order valence-electron chi connectivity index (χ2n) is 5.18. The van der Waals surface area contributed by atoms with Gasteiger partial charge in [0.1, 0.15) is 5.82 Å². The zero-order chi connectivity index (χ0) is 17.4. The van der Waals surface area contributed by atoms with E-state index in [2.05, 4.69) is 15.6 Å². The van der Waals surface area contributed by atoms with Crippen LogP contribution in [0.5, 0.6) is 11.5 Å². The molecule has 25 heavy (non-hydrogen) atoms. The third kappa shape index (κ3) is 6.77. The summed E-state index contributed by atoms with van der Waals surface area (Å²) in [6, 6.07) is 11.6. The van der Waals surface area contributed by atoms with Crippen LogP contribution in [0.3, 0.4) is 0 Å². The minimum absolute atomic E-state index is 0. The third-order valence-electron chi connectivity index (χ3n) is 3.36. The number of guanidine groups is 1. The molecule has 0 aliphatic carbocycles. The molecule has 0 unspecified atom stereocenters. The second kappa shape index (κ2) is 10.8. The van der Waals surface area contributed by atoms with Gasteiger partial charge in [-0.15, -0.1) is 24.0 Å². The largest absolute Gasteiger partial charge is 0.504 e. The molecule has 3 N–H and O–H groups in total. The summed E-state index contributed by atoms with van der Waals surface area (Å²) < 4.78 is 18.2. The van der Waals surface area contributed by atoms with Gasteiger partial charge in [-0.3, -0.25) is 0 Å². The maximum atomic E-state index is 13.2. The number of halogens is 2. The fourth-order valence-electron chi connectivity index (χ4n) is 2.18. The number of phenols is 1. The summed E-state index contributed by atoms with van der Waals surface area (Å²) in [7, 11) is 1.51. The van der Waals surface area contributed by atoms with Gasteiger partial charge in [-0.1, -0.05) is 18.2 Å². The molecule has 2 aromatic rings. The zero-order valence-corrected chi connectivity index (χ0v) is 16.6. The average molecular weight is 459 g/mol. The van der Waals surface area contributed by atoms with E-state index in [1.807, 2.05) is 19.1 Å². The standard InChI is InChI=1S/C18H22FN3O2.HI/c1-3-20-18(21-11-13-5-4-6-15(19)9-13)22-12-14-7-8-17(24-2)16(23)10-14;/h4-10,23H,3,11-12H2,1-2H3,(H2,20,21,22);1H. The van der Waals surface area contributed by atoms with Crippen molar-refractivity contribution in [2.24, 2.45) is 4.99 Å². The Morgan fingerprint density at radius 2 is 1.96 bits per heavy atom. The lowest BCUT2D eigenvalue weighted by Gasteiger charge is -2.12. The van der Waals surface area contributed by atoms with Crippen molar-refractivity contribution in [3.05, 3.63) is 59.4 Å². The molecule has 0 aliphatic heterocycles. The van der Waals surface area contributed by atoms with Crippen molar-refractivity contribution in [2.45, 2.75) is 20.0 Å². The molecule has 0 aromatic heterocycles. The van der Waals surface area contributed by atoms with Gasteiger partial charge in [-0.2, -0.15) is 0 Å². The van der Waals surface area contributed by atoms with Crippen LogP contribution < -0.4 is 15.4 Å². The van der Waals surface area contributed by atoms with E-state index in [9.17, 15) is 9.50 Å². The Bertz CT molecular complexity index is 710. The first-order valence-corrected chi connectivity index (χ1v) is 7.75. The Morgan fingerprint density at radius 3 is 2.60 bits per heavy atom. The molecule has 2 aromatic carbocycles. The number of hydrogen-bond acceptors (Lipinski definition) is 3. The molecule has 7 heteroatoms. The summed E-state index contributed by atoms with van der Waals surface area (Å²) in [5.41, 5.74) is 1.69. The van der Waals surface area contributed by atoms with Crippen molar-refractivity contribution in [3.8, 4) is 11.5 Å². The van der Waals surface area contributed by atoms with Crippen molar-refractivity contribution in [1.82, 2.24) is 10.6 Å². The first-order chi connectivity index (χ1) is 11.6. The molecular formula is C18H23FIN3O2. The highest BCUT2D eigenvalue weighted by atomic mass is 127. The first-order valence-electron chi connectivity index (χ1n) is 7.75. The zero-order valence-electron chi connectivity index (χ0n) is 14.3. The van der Waals surface area contributed by atoms with E-state index in [1.165, 1.54) is 19.2 Å². The molecule has 136 valence electrons. The molecular weight excluding hydrogens is 436 g/mol. The Labute approximate surface area is 164 Å². The Morgan fingerprint density at radius 1 is 1.16 bits per heavy atom. The van der Waals surface area contributed by atoms with E-state index in [1.54, 1.807) is 18.2 Å². The van der Waals surface area contributed by atoms with E-state index >= 15 is 0 Å². The highest BCUT2D eigenvalue weighted by molar-refractivity contribution is 14.0. The summed E-state index contributed by atoms with van der Waals surface area (Å²) >= 11 is 0. The highest BCUT2D eigenvalue weighted by Gasteiger charge is 2.04. The van der Waals surface area contributed by atoms with Crippen LogP contribution in [0.25, 0.3) is 0 Å². The number of aliphatic imine (C=N–C) groups is 1. The number of hydrogen-bond donors (Lipinski definition) is 3. The van der Waals surface area contributed by atoms with Crippen molar-refractivity contribution in [3.63, 3.8) is 0 Å². The lowest BCUT2D eigenvalue weighted by molar-refractivity contribution is 0.373. The van der Waals surface area contributed by atoms with Crippen molar-refractivity contribution in [2.75, 3.05) is 13.7 Å². The summed E-state index contributed by atoms with van der Waals surface area (Å²) in [6.45, 7) is 3.55. The Kier molecular flexibility index (Phi) is 9.04. The van der Waals surface area contributed by atoms with Gasteiger partial charge in [0.2, 0.25) is 0 Å². The second-order valence-corrected chi connectivity index (χ2v) is 5.18. The van der Waals surface area contributed by atoms with Crippen LogP contribution in [-0.2, 0) is 13.1 Å². The molecule has 0 spiro atoms. The van der Waals surface area contributed by atoms with Gasteiger partial charge in [-0.25, -0.2) is 9.38 Å². The van der Waals surface area contributed by atoms with Crippen LogP contribution in [0, 0.1) is 5.82 Å². The van der Waals surface area contributed by atoms with Gasteiger partial charge >= 0.3 is 0 Å². The summed E-state index contributed by atoms with van der Waals surface area (Å²) in [5, 5.41) is 16.1. The summed E-state index contributed by atoms with van der Waals surface area (Å²) in [4.78, 5) is 4.44. The van der Waals surface area contributed by atoms with Gasteiger partial charge in [0.25, 0.3) is 0 Å². The number of rotatable bonds is 6. The Hall–Kier alpha value is -2.03. The minimum atomic E-state index is -0.269. The van der Waals surface area contributed by atoms with Gasteiger partial charge in [0, 0.05) is 13.1 Å². The van der Waals surface area contributed by atoms with Crippen LogP contribution in [0.2, 0.25) is 0 Å². The van der Waals surface area contributed by atoms with E-state index < -0.39 is 0 Å². The quantitative estimate of drug-likeness (QED) is 0.352. The molecule has 0 heterocycles. The molecule has 0 bridgehead atoms. The fourth-order valence-corrected chi connectivity index (χ4v) is 2.18. The summed E-state index contributed by atoms with van der Waals surface area (Å²) in [5.74, 6) is 0.885. The number of benzene rings is 2. The van der Waals surface area contributed by atoms with Crippen molar-refractivity contribution >= 4 is 29.9 Å². The van der Waals surface area contributed by atoms with E-state index in [-0.39, 0.29) is 35.5 Å². The normalized spacial score (nSPS) is 10.8. The lowest BCUT2D eigenvalue weighted by Crippen LogP contribution is -2.36. The Balaban J connectivity index is 0.00000312. The van der Waals surface area contributed by atoms with Gasteiger partial charge < -0.3 is 20.5 Å². The van der Waals surface area contributed by atoms with Gasteiger partial charge in [0.15, 0.2) is 17.5 Å². The first kappa shape index (κ1) is 21.0. The maximum absolute atomic E-state index is 13.2. The smallest absolute Gasteiger partial charge is 0.191 e. The predicted octanol–water partition coefficient (Wildman–Crippen LogP) is 3.41. The van der Waals surface area contributed by atoms with Crippen LogP contribution >= 0.6 is 24.0 Å². The topological polar surface area (TPSA) is 65.9 Å². The third-order valence-corrected chi connectivity index (χ3v) is 3.36.